The van der Waals surface area contributed by atoms with E-state index in [9.17, 15) is 9.90 Å². The third kappa shape index (κ3) is 3.55. The Hall–Kier alpha value is -0.585. The smallest absolute Gasteiger partial charge is 0.457 e. The van der Waals surface area contributed by atoms with Gasteiger partial charge >= 0.3 is 13.1 Å². The molecule has 0 aromatic rings. The largest absolute Gasteiger partial charge is 0.481 e. The maximum atomic E-state index is 12.0. The molecule has 2 aliphatic heterocycles. The van der Waals surface area contributed by atoms with Gasteiger partial charge in [-0.3, -0.25) is 4.79 Å². The average Bonchev–Trinajstić information content (AvgIpc) is 3.32. The first-order chi connectivity index (χ1) is 14.3. The summed E-state index contributed by atoms with van der Waals surface area (Å²) in [6, 6.07) is 0. The Labute approximate surface area is 182 Å². The third-order valence-corrected chi connectivity index (χ3v) is 9.92. The van der Waals surface area contributed by atoms with E-state index in [1.807, 2.05) is 0 Å². The molecule has 6 heteroatoms. The van der Waals surface area contributed by atoms with Crippen molar-refractivity contribution >= 4 is 13.1 Å². The van der Waals surface area contributed by atoms with Gasteiger partial charge in [-0.25, -0.2) is 0 Å². The molecule has 5 nitrogen and oxygen atoms in total. The Balaban J connectivity index is 1.14. The molecule has 30 heavy (non-hydrogen) atoms. The molecule has 0 amide bonds. The highest BCUT2D eigenvalue weighted by Gasteiger charge is 2.67. The van der Waals surface area contributed by atoms with Crippen LogP contribution < -0.4 is 0 Å². The van der Waals surface area contributed by atoms with Crippen molar-refractivity contribution < 1.29 is 19.2 Å². The fourth-order valence-electron chi connectivity index (χ4n) is 7.85. The summed E-state index contributed by atoms with van der Waals surface area (Å²) in [5, 5.41) is 9.87. The Morgan fingerprint density at radius 1 is 1.13 bits per heavy atom. The molecular weight excluding hydrogens is 377 g/mol. The molecule has 7 atom stereocenters. The fourth-order valence-corrected chi connectivity index (χ4v) is 7.85. The van der Waals surface area contributed by atoms with Crippen molar-refractivity contribution in [3.05, 3.63) is 0 Å². The maximum Gasteiger partial charge on any atom is 0.457 e. The topological polar surface area (TPSA) is 59.0 Å². The molecule has 2 heterocycles. The van der Waals surface area contributed by atoms with Crippen LogP contribution in [-0.4, -0.2) is 54.4 Å². The van der Waals surface area contributed by atoms with Crippen molar-refractivity contribution in [3.8, 4) is 0 Å². The molecule has 3 unspecified atom stereocenters. The number of carbonyl (C=O) groups is 1. The molecule has 1 N–H and O–H groups in total. The quantitative estimate of drug-likeness (QED) is 0.653. The van der Waals surface area contributed by atoms with Gasteiger partial charge in [0, 0.05) is 6.54 Å². The van der Waals surface area contributed by atoms with Crippen molar-refractivity contribution in [1.82, 2.24) is 4.90 Å². The van der Waals surface area contributed by atoms with Gasteiger partial charge < -0.3 is 19.3 Å². The average molecular weight is 417 g/mol. The van der Waals surface area contributed by atoms with Crippen LogP contribution in [0.4, 0.5) is 0 Å². The van der Waals surface area contributed by atoms with Crippen molar-refractivity contribution in [3.63, 3.8) is 0 Å². The van der Waals surface area contributed by atoms with Crippen LogP contribution in [0.2, 0.25) is 6.32 Å². The van der Waals surface area contributed by atoms with E-state index in [1.54, 1.807) is 0 Å². The number of hydrogen-bond acceptors (Lipinski definition) is 4. The van der Waals surface area contributed by atoms with Crippen LogP contribution in [0.1, 0.15) is 72.1 Å². The van der Waals surface area contributed by atoms with Gasteiger partial charge in [0.15, 0.2) is 0 Å². The molecule has 0 spiro atoms. The molecule has 4 saturated carbocycles. The molecule has 4 aliphatic carbocycles. The van der Waals surface area contributed by atoms with Crippen molar-refractivity contribution in [2.45, 2.75) is 90.2 Å². The lowest BCUT2D eigenvalue weighted by atomic mass is 9.43. The van der Waals surface area contributed by atoms with Crippen LogP contribution in [0.25, 0.3) is 0 Å². The molecule has 2 bridgehead atoms. The van der Waals surface area contributed by atoms with E-state index < -0.39 is 5.97 Å². The maximum absolute atomic E-state index is 12.0. The number of aliphatic carboxylic acids is 1. The summed E-state index contributed by atoms with van der Waals surface area (Å²) in [7, 11) is -0.0965. The Morgan fingerprint density at radius 2 is 1.90 bits per heavy atom. The highest BCUT2D eigenvalue weighted by molar-refractivity contribution is 6.45. The molecule has 6 aliphatic rings. The summed E-state index contributed by atoms with van der Waals surface area (Å²) in [6.07, 6.45) is 10.2. The van der Waals surface area contributed by atoms with Gasteiger partial charge in [0.2, 0.25) is 0 Å². The van der Waals surface area contributed by atoms with Crippen molar-refractivity contribution in [2.24, 2.45) is 35.0 Å². The highest BCUT2D eigenvalue weighted by Crippen LogP contribution is 2.65. The second kappa shape index (κ2) is 7.77. The van der Waals surface area contributed by atoms with Crippen LogP contribution >= 0.6 is 0 Å². The highest BCUT2D eigenvalue weighted by atomic mass is 16.7. The first kappa shape index (κ1) is 21.3. The Kier molecular flexibility index (Phi) is 5.51. The standard InChI is InChI=1S/C24H40BNO4/c1-23(2)18-13-20(23)24(3)21(14-18)29-25(30-24)9-8-16-6-7-17(19(12-16)22(27)28)15-26-10-4-5-11-26/h16-21H,4-15H2,1-3H3,(H,27,28)/t16?,17?,18-,19?,20-,21+,24-/m1/s1. The summed E-state index contributed by atoms with van der Waals surface area (Å²) in [5.74, 6) is 1.45. The Bertz CT molecular complexity index is 666. The van der Waals surface area contributed by atoms with Crippen molar-refractivity contribution in [2.75, 3.05) is 19.6 Å². The predicted molar refractivity (Wildman–Crippen MR) is 117 cm³/mol. The van der Waals surface area contributed by atoms with E-state index in [2.05, 4.69) is 25.7 Å². The number of hydrogen-bond donors (Lipinski definition) is 1. The van der Waals surface area contributed by atoms with E-state index in [4.69, 9.17) is 9.31 Å². The SMILES string of the molecule is CC1(C)[C@H]2C[C@@H]3OB(CCC4CCC(CN5CCCC5)C(C(=O)O)C4)O[C@]3(C)[C@@H]1C2. The van der Waals surface area contributed by atoms with Gasteiger partial charge in [-0.15, -0.1) is 0 Å². The molecule has 0 aromatic heterocycles. The summed E-state index contributed by atoms with van der Waals surface area (Å²) in [5.41, 5.74) is 0.256. The molecule has 0 radical (unpaired) electrons. The summed E-state index contributed by atoms with van der Waals surface area (Å²) in [4.78, 5) is 14.5. The lowest BCUT2D eigenvalue weighted by Gasteiger charge is -2.64. The van der Waals surface area contributed by atoms with Gasteiger partial charge in [0.25, 0.3) is 0 Å². The molecule has 6 fully saturated rings. The van der Waals surface area contributed by atoms with Gasteiger partial charge in [-0.2, -0.15) is 0 Å². The molecule has 2 saturated heterocycles. The predicted octanol–water partition coefficient (Wildman–Crippen LogP) is 4.32. The zero-order valence-corrected chi connectivity index (χ0v) is 19.1. The first-order valence-electron chi connectivity index (χ1n) is 12.6. The van der Waals surface area contributed by atoms with Crippen LogP contribution in [0.5, 0.6) is 0 Å². The Morgan fingerprint density at radius 3 is 2.60 bits per heavy atom. The van der Waals surface area contributed by atoms with E-state index in [0.717, 1.165) is 64.0 Å². The number of likely N-dealkylation sites (tertiary alicyclic amines) is 1. The van der Waals surface area contributed by atoms with E-state index in [0.29, 0.717) is 23.2 Å². The normalized spacial score (nSPS) is 45.2. The number of carboxylic acid groups (broad SMARTS) is 1. The van der Waals surface area contributed by atoms with Gasteiger partial charge in [-0.1, -0.05) is 26.7 Å². The number of nitrogens with zero attached hydrogens (tertiary/aromatic N) is 1. The first-order valence-corrected chi connectivity index (χ1v) is 12.6. The monoisotopic (exact) mass is 417 g/mol. The lowest BCUT2D eigenvalue weighted by molar-refractivity contribution is -0.199. The zero-order chi connectivity index (χ0) is 21.1. The molecule has 6 rings (SSSR count). The van der Waals surface area contributed by atoms with Gasteiger partial charge in [0.1, 0.15) is 0 Å². The summed E-state index contributed by atoms with van der Waals surface area (Å²) in [6.45, 7) is 10.4. The van der Waals surface area contributed by atoms with E-state index in [1.165, 1.54) is 19.3 Å². The fraction of sp³-hybridized carbons (Fsp3) is 0.958. The van der Waals surface area contributed by atoms with Crippen molar-refractivity contribution in [1.29, 1.82) is 0 Å². The molecular formula is C24H40BNO4. The minimum Gasteiger partial charge on any atom is -0.481 e. The van der Waals surface area contributed by atoms with Gasteiger partial charge in [0.05, 0.1) is 17.6 Å². The van der Waals surface area contributed by atoms with Gasteiger partial charge in [-0.05, 0) is 93.9 Å². The second-order valence-electron chi connectivity index (χ2n) is 11.9. The van der Waals surface area contributed by atoms with E-state index >= 15 is 0 Å². The minimum atomic E-state index is -0.585. The van der Waals surface area contributed by atoms with Crippen LogP contribution in [0, 0.1) is 35.0 Å². The molecule has 0 aromatic carbocycles. The summed E-state index contributed by atoms with van der Waals surface area (Å²) >= 11 is 0. The second-order valence-corrected chi connectivity index (χ2v) is 11.9. The summed E-state index contributed by atoms with van der Waals surface area (Å²) < 4.78 is 13.0. The third-order valence-electron chi connectivity index (χ3n) is 9.92. The number of carboxylic acids is 1. The van der Waals surface area contributed by atoms with Crippen LogP contribution in [0.15, 0.2) is 0 Å². The van der Waals surface area contributed by atoms with Crippen LogP contribution in [-0.2, 0) is 14.1 Å². The van der Waals surface area contributed by atoms with E-state index in [-0.39, 0.29) is 24.7 Å². The zero-order valence-electron chi connectivity index (χ0n) is 19.1. The van der Waals surface area contributed by atoms with Crippen LogP contribution in [0.3, 0.4) is 0 Å². The molecule has 168 valence electrons. The number of rotatable bonds is 6. The minimum absolute atomic E-state index is 0.0965. The lowest BCUT2D eigenvalue weighted by Crippen LogP contribution is -2.65.